The first-order valence-electron chi connectivity index (χ1n) is 15.3. The number of fused-ring (bicyclic) bond motifs is 1. The van der Waals surface area contributed by atoms with Gasteiger partial charge in [0.25, 0.3) is 0 Å². The van der Waals surface area contributed by atoms with Gasteiger partial charge in [-0.05, 0) is 54.4 Å². The highest BCUT2D eigenvalue weighted by atomic mass is 32.2. The van der Waals surface area contributed by atoms with E-state index >= 15 is 0 Å². The summed E-state index contributed by atoms with van der Waals surface area (Å²) in [4.78, 5) is 40.2. The topological polar surface area (TPSA) is 92.6 Å². The number of ketones is 1. The quantitative estimate of drug-likeness (QED) is 0.172. The number of aliphatic hydroxyl groups excluding tert-OH is 1. The summed E-state index contributed by atoms with van der Waals surface area (Å²) < 4.78 is 6.42. The van der Waals surface area contributed by atoms with E-state index in [1.807, 2.05) is 30.1 Å². The summed E-state index contributed by atoms with van der Waals surface area (Å²) in [6, 6.07) is 2.08. The highest BCUT2D eigenvalue weighted by molar-refractivity contribution is 7.99. The van der Waals surface area contributed by atoms with Crippen molar-refractivity contribution in [3.63, 3.8) is 0 Å². The van der Waals surface area contributed by atoms with Crippen LogP contribution in [0.3, 0.4) is 0 Å². The van der Waals surface area contributed by atoms with E-state index in [0.717, 1.165) is 59.9 Å². The Morgan fingerprint density at radius 3 is 2.76 bits per heavy atom. The van der Waals surface area contributed by atoms with Crippen molar-refractivity contribution in [1.29, 1.82) is 0 Å². The van der Waals surface area contributed by atoms with Crippen LogP contribution >= 0.6 is 34.9 Å². The minimum atomic E-state index is -0.672. The first-order valence-corrected chi connectivity index (χ1v) is 18.3. The molecule has 42 heavy (non-hydrogen) atoms. The molecule has 0 aromatic carbocycles. The highest BCUT2D eigenvalue weighted by Gasteiger charge is 2.68. The normalized spacial score (nSPS) is 38.5. The largest absolute Gasteiger partial charge is 0.461 e. The maximum absolute atomic E-state index is 13.6. The zero-order valence-electron chi connectivity index (χ0n) is 25.1. The number of ether oxygens (including phenoxy) is 1. The van der Waals surface area contributed by atoms with Gasteiger partial charge in [0.2, 0.25) is 0 Å². The zero-order chi connectivity index (χ0) is 29.9. The van der Waals surface area contributed by atoms with Gasteiger partial charge in [0.1, 0.15) is 22.5 Å². The van der Waals surface area contributed by atoms with E-state index in [2.05, 4.69) is 38.3 Å². The van der Waals surface area contributed by atoms with Crippen molar-refractivity contribution in [1.82, 2.24) is 9.97 Å². The molecule has 0 amide bonds. The van der Waals surface area contributed by atoms with Gasteiger partial charge in [-0.25, -0.2) is 9.97 Å². The van der Waals surface area contributed by atoms with E-state index in [4.69, 9.17) is 14.7 Å². The first-order chi connectivity index (χ1) is 20.0. The lowest BCUT2D eigenvalue weighted by molar-refractivity contribution is -0.205. The lowest BCUT2D eigenvalue weighted by atomic mass is 9.44. The van der Waals surface area contributed by atoms with Crippen molar-refractivity contribution >= 4 is 62.6 Å². The van der Waals surface area contributed by atoms with Gasteiger partial charge in [0.15, 0.2) is 5.16 Å². The molecule has 0 spiro atoms. The van der Waals surface area contributed by atoms with E-state index in [9.17, 15) is 14.7 Å². The van der Waals surface area contributed by atoms with E-state index in [0.29, 0.717) is 18.0 Å². The number of nitrogens with zero attached hydrogens (tertiary/aromatic N) is 3. The molecule has 10 heteroatoms. The van der Waals surface area contributed by atoms with E-state index in [-0.39, 0.29) is 40.7 Å². The molecule has 8 atom stereocenters. The monoisotopic (exact) mass is 629 g/mol. The average Bonchev–Trinajstić information content (AvgIpc) is 3.61. The fourth-order valence-electron chi connectivity index (χ4n) is 8.72. The summed E-state index contributed by atoms with van der Waals surface area (Å²) in [5.74, 6) is 3.04. The lowest BCUT2D eigenvalue weighted by Gasteiger charge is -2.61. The minimum Gasteiger partial charge on any atom is -0.461 e. The van der Waals surface area contributed by atoms with Gasteiger partial charge in [0, 0.05) is 47.8 Å². The predicted molar refractivity (Wildman–Crippen MR) is 172 cm³/mol. The van der Waals surface area contributed by atoms with Crippen LogP contribution in [0, 0.1) is 34.0 Å². The van der Waals surface area contributed by atoms with Crippen molar-refractivity contribution in [2.75, 3.05) is 35.2 Å². The fraction of sp³-hybridized carbons (Fsp3) is 0.688. The summed E-state index contributed by atoms with van der Waals surface area (Å²) in [7, 11) is 0. The van der Waals surface area contributed by atoms with Crippen LogP contribution in [0.2, 0.25) is 0 Å². The molecule has 0 radical (unpaired) electrons. The standard InChI is InChI=1S/C32H43N3O4S3/c1-6-30(4)17-23(31(5)19(2)7-10-32(20(3)26(30)38)11-8-22(36)25(31)32)39-24(37)18-42-29-33-27(35-12-15-40-16-13-35)21-9-14-41-28(21)34-29/h6,9,14,19-20,23,25-26,38H,1,7-8,10-13,15-18H2,2-5H3/t19-,20+,23-,25+,26+,30-,31+,32+/m1/s1. The number of hydrogen-bond acceptors (Lipinski definition) is 10. The van der Waals surface area contributed by atoms with Crippen molar-refractivity contribution < 1.29 is 19.4 Å². The summed E-state index contributed by atoms with van der Waals surface area (Å²) in [5.41, 5.74) is -1.44. The maximum Gasteiger partial charge on any atom is 0.316 e. The van der Waals surface area contributed by atoms with Crippen LogP contribution in [-0.4, -0.2) is 69.4 Å². The van der Waals surface area contributed by atoms with Crippen LogP contribution in [0.15, 0.2) is 29.3 Å². The number of aromatic nitrogens is 2. The number of anilines is 1. The molecule has 4 fully saturated rings. The Morgan fingerprint density at radius 1 is 1.26 bits per heavy atom. The first kappa shape index (κ1) is 30.4. The summed E-state index contributed by atoms with van der Waals surface area (Å²) in [6.07, 6.45) is 4.29. The van der Waals surface area contributed by atoms with Crippen LogP contribution in [0.25, 0.3) is 10.2 Å². The third-order valence-corrected chi connectivity index (χ3v) is 14.1. The summed E-state index contributed by atoms with van der Waals surface area (Å²) >= 11 is 4.86. The van der Waals surface area contributed by atoms with Gasteiger partial charge in [-0.15, -0.1) is 17.9 Å². The third-order valence-electron chi connectivity index (χ3n) is 11.5. The molecule has 2 bridgehead atoms. The number of carbonyl (C=O) groups is 2. The van der Waals surface area contributed by atoms with Gasteiger partial charge in [-0.2, -0.15) is 11.8 Å². The van der Waals surface area contributed by atoms with Crippen LogP contribution in [0.5, 0.6) is 0 Å². The number of carbonyl (C=O) groups excluding carboxylic acids is 2. The van der Waals surface area contributed by atoms with E-state index in [1.54, 1.807) is 11.3 Å². The van der Waals surface area contributed by atoms with Gasteiger partial charge in [-0.3, -0.25) is 9.59 Å². The second-order valence-corrected chi connectivity index (χ2v) is 16.5. The van der Waals surface area contributed by atoms with Gasteiger partial charge in [-0.1, -0.05) is 45.5 Å². The average molecular weight is 630 g/mol. The molecular formula is C32H43N3O4S3. The summed E-state index contributed by atoms with van der Waals surface area (Å²) in [6.45, 7) is 14.5. The minimum absolute atomic E-state index is 0.0482. The molecule has 1 aliphatic heterocycles. The zero-order valence-corrected chi connectivity index (χ0v) is 27.6. The Hall–Kier alpha value is -1.62. The van der Waals surface area contributed by atoms with Crippen molar-refractivity contribution in [2.45, 2.75) is 77.2 Å². The maximum atomic E-state index is 13.6. The van der Waals surface area contributed by atoms with Crippen molar-refractivity contribution in [2.24, 2.45) is 34.0 Å². The second-order valence-electron chi connectivity index (χ2n) is 13.4. The molecule has 3 heterocycles. The molecule has 2 aromatic heterocycles. The molecule has 4 aliphatic rings. The molecule has 0 unspecified atom stereocenters. The van der Waals surface area contributed by atoms with Crippen LogP contribution in [0.4, 0.5) is 5.82 Å². The Kier molecular flexibility index (Phi) is 8.24. The highest BCUT2D eigenvalue weighted by Crippen LogP contribution is 2.68. The van der Waals surface area contributed by atoms with E-state index in [1.165, 1.54) is 11.8 Å². The molecule has 3 aliphatic carbocycles. The fourth-order valence-corrected chi connectivity index (χ4v) is 11.1. The summed E-state index contributed by atoms with van der Waals surface area (Å²) in [5, 5.41) is 15.4. The predicted octanol–water partition coefficient (Wildman–Crippen LogP) is 6.24. The number of Topliss-reactive ketones (excluding diaryl/α,β-unsaturated/α-hetero) is 1. The SMILES string of the molecule is C=C[C@]1(C)C[C@@H](OC(=O)CSc2nc(N3CCSCC3)c3ccsc3n2)[C@]2(C)[C@H](C)CC[C@]3(CCC(=O)[C@H]32)[C@@H](C)[C@@H]1O. The number of thioether (sulfide) groups is 2. The van der Waals surface area contributed by atoms with Gasteiger partial charge in [0.05, 0.1) is 17.2 Å². The molecule has 1 saturated heterocycles. The number of thiophene rings is 1. The van der Waals surface area contributed by atoms with Crippen LogP contribution in [0.1, 0.15) is 59.8 Å². The molecular weight excluding hydrogens is 587 g/mol. The van der Waals surface area contributed by atoms with Crippen molar-refractivity contribution in [3.05, 3.63) is 24.1 Å². The van der Waals surface area contributed by atoms with Crippen LogP contribution < -0.4 is 4.90 Å². The Balaban J connectivity index is 1.27. The second kappa shape index (κ2) is 11.4. The third kappa shape index (κ3) is 4.83. The molecule has 7 nitrogen and oxygen atoms in total. The number of aliphatic hydroxyl groups is 1. The Labute approximate surface area is 261 Å². The number of esters is 1. The number of hydrogen-bond donors (Lipinski definition) is 1. The molecule has 3 saturated carbocycles. The van der Waals surface area contributed by atoms with Gasteiger partial charge < -0.3 is 14.7 Å². The molecule has 1 N–H and O–H groups in total. The Morgan fingerprint density at radius 2 is 2.02 bits per heavy atom. The molecule has 228 valence electrons. The Bertz CT molecular complexity index is 1380. The lowest BCUT2D eigenvalue weighted by Crippen LogP contribution is -2.63. The van der Waals surface area contributed by atoms with Crippen LogP contribution in [-0.2, 0) is 14.3 Å². The molecule has 2 aromatic rings. The smallest absolute Gasteiger partial charge is 0.316 e. The number of rotatable bonds is 6. The van der Waals surface area contributed by atoms with E-state index < -0.39 is 23.0 Å². The van der Waals surface area contributed by atoms with Gasteiger partial charge >= 0.3 is 5.97 Å². The molecule has 6 rings (SSSR count). The van der Waals surface area contributed by atoms with Crippen molar-refractivity contribution in [3.8, 4) is 0 Å².